The van der Waals surface area contributed by atoms with Crippen LogP contribution in [0.4, 0.5) is 0 Å². The monoisotopic (exact) mass is 968 g/mol. The fraction of sp³-hybridized carbons (Fsp3) is 0.481. The van der Waals surface area contributed by atoms with Crippen LogP contribution in [0.1, 0.15) is 174 Å². The van der Waals surface area contributed by atoms with E-state index >= 15 is 0 Å². The Morgan fingerprint density at radius 1 is 0.474 bits per heavy atom. The van der Waals surface area contributed by atoms with Gasteiger partial charge in [0.25, 0.3) is 0 Å². The summed E-state index contributed by atoms with van der Waals surface area (Å²) in [5.74, 6) is 0. The SMILES string of the molecule is CCCC1=Cc2c(-c3cc(C(C)(C)C)cc(C(C)(C)C)c3)cccc2[CH]1[Hf+2]1([CH]2C(CCC)=Cc3c(-c4cc(C(C)(C)C)cc(C(C)(C)C)c4)cccc32)[CH2][CH2]1.[Cl-].[Cl-]. The van der Waals surface area contributed by atoms with Crippen LogP contribution in [-0.4, -0.2) is 0 Å². The van der Waals surface area contributed by atoms with E-state index in [-0.39, 0.29) is 46.5 Å². The number of rotatable bonds is 8. The summed E-state index contributed by atoms with van der Waals surface area (Å²) >= 11 is -3.07. The zero-order chi connectivity index (χ0) is 39.9. The van der Waals surface area contributed by atoms with Crippen molar-refractivity contribution in [3.63, 3.8) is 0 Å². The van der Waals surface area contributed by atoms with E-state index in [0.29, 0.717) is 7.35 Å². The van der Waals surface area contributed by atoms with Gasteiger partial charge in [-0.15, -0.1) is 0 Å². The number of hydrogen-bond acceptors (Lipinski definition) is 0. The van der Waals surface area contributed by atoms with Crippen LogP contribution in [0.25, 0.3) is 34.4 Å². The van der Waals surface area contributed by atoms with Gasteiger partial charge >= 0.3 is 343 Å². The minimum Gasteiger partial charge on any atom is -1.00 e. The molecule has 2 aliphatic carbocycles. The maximum Gasteiger partial charge on any atom is -1.00 e. The Morgan fingerprint density at radius 2 is 0.789 bits per heavy atom. The molecule has 4 aromatic carbocycles. The van der Waals surface area contributed by atoms with Gasteiger partial charge < -0.3 is 24.8 Å². The normalized spacial score (nSPS) is 18.0. The van der Waals surface area contributed by atoms with Gasteiger partial charge in [-0.1, -0.05) is 0 Å². The maximum atomic E-state index is 2.71. The summed E-state index contributed by atoms with van der Waals surface area (Å²) in [6.07, 6.45) is 10.3. The first kappa shape index (κ1) is 45.9. The zero-order valence-corrected chi connectivity index (χ0v) is 42.8. The van der Waals surface area contributed by atoms with Gasteiger partial charge in [-0.2, -0.15) is 0 Å². The van der Waals surface area contributed by atoms with Crippen molar-refractivity contribution in [2.75, 3.05) is 0 Å². The molecule has 0 saturated carbocycles. The number of fused-ring (bicyclic) bond motifs is 2. The Balaban J connectivity index is 0.00000310. The second-order valence-corrected chi connectivity index (χ2v) is 38.4. The van der Waals surface area contributed by atoms with Crippen LogP contribution in [0.3, 0.4) is 0 Å². The molecule has 0 radical (unpaired) electrons. The van der Waals surface area contributed by atoms with E-state index in [1.165, 1.54) is 89.7 Å². The predicted molar refractivity (Wildman–Crippen MR) is 239 cm³/mol. The minimum atomic E-state index is -3.07. The van der Waals surface area contributed by atoms with Gasteiger partial charge in [0.1, 0.15) is 0 Å². The molecule has 1 fully saturated rings. The fourth-order valence-corrected chi connectivity index (χ4v) is 38.1. The summed E-state index contributed by atoms with van der Waals surface area (Å²) < 4.78 is 4.37. The third-order valence-electron chi connectivity index (χ3n) is 13.3. The average molecular weight is 969 g/mol. The molecule has 0 N–H and O–H groups in total. The van der Waals surface area contributed by atoms with Crippen molar-refractivity contribution in [2.24, 2.45) is 0 Å². The van der Waals surface area contributed by atoms with Crippen molar-refractivity contribution < 1.29 is 44.8 Å². The molecule has 0 aromatic heterocycles. The van der Waals surface area contributed by atoms with Crippen LogP contribution in [0.15, 0.2) is 83.9 Å². The first-order chi connectivity index (χ1) is 25.7. The van der Waals surface area contributed by atoms with Crippen molar-refractivity contribution in [2.45, 2.75) is 160 Å². The summed E-state index contributed by atoms with van der Waals surface area (Å²) in [6, 6.07) is 29.8. The summed E-state index contributed by atoms with van der Waals surface area (Å²) in [5, 5.41) is 0. The van der Waals surface area contributed by atoms with E-state index in [0.717, 1.165) is 0 Å². The first-order valence-corrected chi connectivity index (χ1v) is 30.9. The smallest absolute Gasteiger partial charge is 1.00 e. The van der Waals surface area contributed by atoms with Crippen LogP contribution in [-0.2, 0) is 41.6 Å². The molecule has 304 valence electrons. The molecule has 2 atom stereocenters. The summed E-state index contributed by atoms with van der Waals surface area (Å²) in [4.78, 5) is 0. The molecule has 57 heavy (non-hydrogen) atoms. The number of allylic oxidation sites excluding steroid dienone is 2. The molecular weight excluding hydrogens is 898 g/mol. The van der Waals surface area contributed by atoms with E-state index in [1.807, 2.05) is 0 Å². The standard InChI is InChI=1S/2C26H33.C2H4.2ClH.Hf/c2*1-8-10-18-13-19-11-9-12-23(24(19)14-18)20-15-21(25(2,3)4)17-22(16-20)26(5,6)7;1-2;;;/h2*9,11-17H,8,10H2,1-7H3;1-2H2;2*1H;/q;;;;;+2/p-2. The van der Waals surface area contributed by atoms with Gasteiger partial charge in [0, 0.05) is 0 Å². The molecule has 7 rings (SSSR count). The van der Waals surface area contributed by atoms with Crippen molar-refractivity contribution >= 4 is 12.2 Å². The van der Waals surface area contributed by atoms with E-state index < -0.39 is 20.0 Å². The summed E-state index contributed by atoms with van der Waals surface area (Å²) in [5.41, 5.74) is 21.8. The van der Waals surface area contributed by atoms with Gasteiger partial charge in [0.05, 0.1) is 0 Å². The van der Waals surface area contributed by atoms with E-state index in [4.69, 9.17) is 0 Å². The van der Waals surface area contributed by atoms with Gasteiger partial charge in [0.15, 0.2) is 0 Å². The second-order valence-electron chi connectivity index (χ2n) is 21.8. The molecule has 3 heteroatoms. The number of halogens is 2. The molecule has 1 saturated heterocycles. The first-order valence-electron chi connectivity index (χ1n) is 21.7. The molecule has 0 nitrogen and oxygen atoms in total. The van der Waals surface area contributed by atoms with E-state index in [1.54, 1.807) is 22.3 Å². The molecule has 1 aliphatic heterocycles. The van der Waals surface area contributed by atoms with Crippen molar-refractivity contribution in [3.05, 3.63) is 128 Å². The van der Waals surface area contributed by atoms with Gasteiger partial charge in [-0.05, 0) is 0 Å². The molecular formula is C54H70Cl2Hf. The Hall–Kier alpha value is -2.19. The molecule has 1 heterocycles. The maximum absolute atomic E-state index is 3.07. The Labute approximate surface area is 365 Å². The van der Waals surface area contributed by atoms with Crippen LogP contribution < -0.4 is 24.8 Å². The topological polar surface area (TPSA) is 0 Å². The molecule has 2 unspecified atom stereocenters. The third-order valence-corrected chi connectivity index (χ3v) is 32.4. The fourth-order valence-electron chi connectivity index (χ4n) is 9.99. The molecule has 4 aromatic rings. The number of hydrogen-bond donors (Lipinski definition) is 0. The van der Waals surface area contributed by atoms with Crippen LogP contribution in [0.5, 0.6) is 0 Å². The minimum absolute atomic E-state index is 0. The van der Waals surface area contributed by atoms with E-state index in [2.05, 4.69) is 182 Å². The quantitative estimate of drug-likeness (QED) is 0.154. The summed E-state index contributed by atoms with van der Waals surface area (Å²) in [6.45, 7) is 33.2. The van der Waals surface area contributed by atoms with Gasteiger partial charge in [0.2, 0.25) is 0 Å². The Morgan fingerprint density at radius 3 is 1.05 bits per heavy atom. The zero-order valence-electron chi connectivity index (χ0n) is 37.7. The summed E-state index contributed by atoms with van der Waals surface area (Å²) in [7, 11) is 0. The van der Waals surface area contributed by atoms with Crippen LogP contribution in [0.2, 0.25) is 8.35 Å². The van der Waals surface area contributed by atoms with Crippen LogP contribution >= 0.6 is 0 Å². The van der Waals surface area contributed by atoms with Crippen molar-refractivity contribution in [3.8, 4) is 22.3 Å². The molecule has 0 spiro atoms. The molecule has 3 aliphatic rings. The van der Waals surface area contributed by atoms with E-state index in [9.17, 15) is 0 Å². The van der Waals surface area contributed by atoms with Crippen molar-refractivity contribution in [1.82, 2.24) is 0 Å². The largest absolute Gasteiger partial charge is 1.00 e. The average Bonchev–Trinajstić information content (AvgIpc) is 3.65. The second kappa shape index (κ2) is 16.3. The molecule has 0 bridgehead atoms. The molecule has 0 amide bonds. The number of benzene rings is 4. The van der Waals surface area contributed by atoms with Crippen molar-refractivity contribution in [1.29, 1.82) is 0 Å². The third kappa shape index (κ3) is 8.71. The predicted octanol–water partition coefficient (Wildman–Crippen LogP) is 10.4. The van der Waals surface area contributed by atoms with Gasteiger partial charge in [-0.3, -0.25) is 0 Å². The van der Waals surface area contributed by atoms with Crippen LogP contribution in [0, 0.1) is 0 Å². The Bertz CT molecular complexity index is 1970. The Kier molecular flexibility index (Phi) is 13.2. The van der Waals surface area contributed by atoms with Gasteiger partial charge in [-0.25, -0.2) is 0 Å².